The Morgan fingerprint density at radius 3 is 2.76 bits per heavy atom. The number of nitrogens with zero attached hydrogens (tertiary/aromatic N) is 1. The Bertz CT molecular complexity index is 750. The van der Waals surface area contributed by atoms with Crippen LogP contribution in [0.2, 0.25) is 0 Å². The van der Waals surface area contributed by atoms with Crippen LogP contribution in [0.25, 0.3) is 22.4 Å². The van der Waals surface area contributed by atoms with Crippen LogP contribution in [-0.2, 0) is 0 Å². The standard InChI is InChI=1S/C16H14Br2N2O/c1-2-7-21-15-11(8-10(17)9-12(15)18)16-19-13-5-3-4-6-14(13)20-16/h3-6,8-9H,2,7H2,1H3,(H,19,20). The van der Waals surface area contributed by atoms with E-state index in [4.69, 9.17) is 4.74 Å². The molecule has 0 unspecified atom stereocenters. The Morgan fingerprint density at radius 1 is 1.19 bits per heavy atom. The molecule has 0 aliphatic rings. The summed E-state index contributed by atoms with van der Waals surface area (Å²) in [6.07, 6.45) is 0.960. The topological polar surface area (TPSA) is 37.9 Å². The summed E-state index contributed by atoms with van der Waals surface area (Å²) < 4.78 is 7.79. The number of fused-ring (bicyclic) bond motifs is 1. The Balaban J connectivity index is 2.15. The zero-order valence-corrected chi connectivity index (χ0v) is 14.7. The molecule has 0 atom stereocenters. The smallest absolute Gasteiger partial charge is 0.144 e. The minimum atomic E-state index is 0.674. The lowest BCUT2D eigenvalue weighted by molar-refractivity contribution is 0.316. The number of H-pyrrole nitrogens is 1. The normalized spacial score (nSPS) is 11.0. The van der Waals surface area contributed by atoms with Crippen LogP contribution in [0.15, 0.2) is 45.3 Å². The Labute approximate surface area is 140 Å². The van der Waals surface area contributed by atoms with E-state index in [0.717, 1.165) is 43.5 Å². The molecule has 3 aromatic rings. The maximum Gasteiger partial charge on any atom is 0.144 e. The van der Waals surface area contributed by atoms with Gasteiger partial charge in [-0.2, -0.15) is 0 Å². The fourth-order valence-electron chi connectivity index (χ4n) is 2.17. The number of rotatable bonds is 4. The van der Waals surface area contributed by atoms with Crippen molar-refractivity contribution in [1.29, 1.82) is 0 Å². The third kappa shape index (κ3) is 2.99. The van der Waals surface area contributed by atoms with Gasteiger partial charge >= 0.3 is 0 Å². The van der Waals surface area contributed by atoms with E-state index in [0.29, 0.717) is 6.61 Å². The second-order valence-electron chi connectivity index (χ2n) is 4.72. The molecule has 3 nitrogen and oxygen atoms in total. The van der Waals surface area contributed by atoms with E-state index >= 15 is 0 Å². The zero-order chi connectivity index (χ0) is 14.8. The molecule has 0 bridgehead atoms. The molecule has 0 fully saturated rings. The van der Waals surface area contributed by atoms with Gasteiger partial charge in [0.15, 0.2) is 0 Å². The van der Waals surface area contributed by atoms with Crippen LogP contribution in [-0.4, -0.2) is 16.6 Å². The van der Waals surface area contributed by atoms with Gasteiger partial charge in [-0.15, -0.1) is 0 Å². The van der Waals surface area contributed by atoms with Gasteiger partial charge in [-0.3, -0.25) is 0 Å². The Morgan fingerprint density at radius 2 is 2.00 bits per heavy atom. The quantitative estimate of drug-likeness (QED) is 0.613. The third-order valence-corrected chi connectivity index (χ3v) is 4.15. The molecule has 0 saturated carbocycles. The number of benzene rings is 2. The number of nitrogens with one attached hydrogen (secondary N) is 1. The largest absolute Gasteiger partial charge is 0.492 e. The number of halogens is 2. The number of hydrogen-bond donors (Lipinski definition) is 1. The van der Waals surface area contributed by atoms with Crippen LogP contribution < -0.4 is 4.74 Å². The summed E-state index contributed by atoms with van der Waals surface area (Å²) in [6, 6.07) is 12.0. The SMILES string of the molecule is CCCOc1c(Br)cc(Br)cc1-c1nc2ccccc2[nH]1. The summed E-state index contributed by atoms with van der Waals surface area (Å²) in [5.74, 6) is 1.63. The molecule has 1 aromatic heterocycles. The first-order chi connectivity index (χ1) is 10.2. The number of aromatic nitrogens is 2. The fourth-order valence-corrected chi connectivity index (χ4v) is 3.51. The molecule has 21 heavy (non-hydrogen) atoms. The van der Waals surface area contributed by atoms with E-state index in [1.165, 1.54) is 0 Å². The van der Waals surface area contributed by atoms with Crippen molar-refractivity contribution in [3.63, 3.8) is 0 Å². The molecule has 0 radical (unpaired) electrons. The molecular weight excluding hydrogens is 396 g/mol. The van der Waals surface area contributed by atoms with E-state index in [1.54, 1.807) is 0 Å². The predicted octanol–water partition coefficient (Wildman–Crippen LogP) is 5.54. The second kappa shape index (κ2) is 6.20. The van der Waals surface area contributed by atoms with Gasteiger partial charge in [-0.25, -0.2) is 4.98 Å². The Hall–Kier alpha value is -1.33. The van der Waals surface area contributed by atoms with Crippen LogP contribution in [0.1, 0.15) is 13.3 Å². The molecule has 0 saturated heterocycles. The minimum absolute atomic E-state index is 0.674. The number of imidazole rings is 1. The first-order valence-corrected chi connectivity index (χ1v) is 8.34. The summed E-state index contributed by atoms with van der Waals surface area (Å²) in [5, 5.41) is 0. The van der Waals surface area contributed by atoms with Crippen molar-refractivity contribution in [3.8, 4) is 17.1 Å². The van der Waals surface area contributed by atoms with Gasteiger partial charge in [0.25, 0.3) is 0 Å². The van der Waals surface area contributed by atoms with Crippen LogP contribution in [0.5, 0.6) is 5.75 Å². The highest BCUT2D eigenvalue weighted by atomic mass is 79.9. The second-order valence-corrected chi connectivity index (χ2v) is 6.49. The Kier molecular flexibility index (Phi) is 4.31. The highest BCUT2D eigenvalue weighted by Crippen LogP contribution is 2.38. The lowest BCUT2D eigenvalue weighted by Gasteiger charge is -2.12. The number of ether oxygens (including phenoxy) is 1. The predicted molar refractivity (Wildman–Crippen MR) is 92.7 cm³/mol. The first-order valence-electron chi connectivity index (χ1n) is 6.76. The van der Waals surface area contributed by atoms with Crippen molar-refractivity contribution >= 4 is 42.9 Å². The van der Waals surface area contributed by atoms with Gasteiger partial charge in [-0.05, 0) is 46.6 Å². The summed E-state index contributed by atoms with van der Waals surface area (Å²) in [7, 11) is 0. The number of para-hydroxylation sites is 2. The zero-order valence-electron chi connectivity index (χ0n) is 11.5. The number of aromatic amines is 1. The minimum Gasteiger partial charge on any atom is -0.492 e. The van der Waals surface area contributed by atoms with Gasteiger partial charge < -0.3 is 9.72 Å². The van der Waals surface area contributed by atoms with Crippen LogP contribution in [0, 0.1) is 0 Å². The summed E-state index contributed by atoms with van der Waals surface area (Å²) in [5.41, 5.74) is 2.91. The van der Waals surface area contributed by atoms with E-state index < -0.39 is 0 Å². The molecular formula is C16H14Br2N2O. The highest BCUT2D eigenvalue weighted by Gasteiger charge is 2.15. The maximum absolute atomic E-state index is 5.89. The lowest BCUT2D eigenvalue weighted by Crippen LogP contribution is -1.98. The molecule has 3 rings (SSSR count). The van der Waals surface area contributed by atoms with Crippen LogP contribution in [0.4, 0.5) is 0 Å². The molecule has 0 aliphatic carbocycles. The van der Waals surface area contributed by atoms with E-state index in [9.17, 15) is 0 Å². The van der Waals surface area contributed by atoms with Gasteiger partial charge in [0.1, 0.15) is 11.6 Å². The van der Waals surface area contributed by atoms with Gasteiger partial charge in [0.05, 0.1) is 27.7 Å². The molecule has 108 valence electrons. The van der Waals surface area contributed by atoms with E-state index in [-0.39, 0.29) is 0 Å². The van der Waals surface area contributed by atoms with Crippen molar-refractivity contribution in [1.82, 2.24) is 9.97 Å². The van der Waals surface area contributed by atoms with Crippen molar-refractivity contribution in [2.45, 2.75) is 13.3 Å². The van der Waals surface area contributed by atoms with Crippen LogP contribution >= 0.6 is 31.9 Å². The molecule has 1 heterocycles. The van der Waals surface area contributed by atoms with Gasteiger partial charge in [-0.1, -0.05) is 35.0 Å². The number of hydrogen-bond acceptors (Lipinski definition) is 2. The first kappa shape index (κ1) is 14.6. The summed E-state index contributed by atoms with van der Waals surface area (Å²) >= 11 is 7.10. The molecule has 0 spiro atoms. The van der Waals surface area contributed by atoms with Crippen molar-refractivity contribution in [2.75, 3.05) is 6.61 Å². The monoisotopic (exact) mass is 408 g/mol. The maximum atomic E-state index is 5.89. The van der Waals surface area contributed by atoms with Gasteiger partial charge in [0, 0.05) is 4.47 Å². The van der Waals surface area contributed by atoms with Crippen molar-refractivity contribution < 1.29 is 4.74 Å². The van der Waals surface area contributed by atoms with Crippen molar-refractivity contribution in [3.05, 3.63) is 45.3 Å². The molecule has 0 aliphatic heterocycles. The average Bonchev–Trinajstić information content (AvgIpc) is 2.89. The highest BCUT2D eigenvalue weighted by molar-refractivity contribution is 9.11. The lowest BCUT2D eigenvalue weighted by atomic mass is 10.2. The van der Waals surface area contributed by atoms with E-state index in [1.807, 2.05) is 36.4 Å². The van der Waals surface area contributed by atoms with Crippen molar-refractivity contribution in [2.24, 2.45) is 0 Å². The molecule has 5 heteroatoms. The van der Waals surface area contributed by atoms with Crippen LogP contribution in [0.3, 0.4) is 0 Å². The van der Waals surface area contributed by atoms with E-state index in [2.05, 4.69) is 48.8 Å². The average molecular weight is 410 g/mol. The third-order valence-electron chi connectivity index (χ3n) is 3.10. The molecule has 2 aromatic carbocycles. The fraction of sp³-hybridized carbons (Fsp3) is 0.188. The molecule has 1 N–H and O–H groups in total. The summed E-state index contributed by atoms with van der Waals surface area (Å²) in [4.78, 5) is 8.01. The summed E-state index contributed by atoms with van der Waals surface area (Å²) in [6.45, 7) is 2.76. The molecule has 0 amide bonds. The van der Waals surface area contributed by atoms with Gasteiger partial charge in [0.2, 0.25) is 0 Å².